The van der Waals surface area contributed by atoms with Gasteiger partial charge in [0, 0.05) is 40.8 Å². The molecule has 0 aliphatic heterocycles. The van der Waals surface area contributed by atoms with Gasteiger partial charge >= 0.3 is 0 Å². The van der Waals surface area contributed by atoms with Crippen LogP contribution in [-0.4, -0.2) is 34.4 Å². The Hall–Kier alpha value is -4.21. The molecule has 5 N–H and O–H groups in total. The molecule has 2 amide bonds. The lowest BCUT2D eigenvalue weighted by atomic mass is 10.1. The van der Waals surface area contributed by atoms with Gasteiger partial charge in [0.2, 0.25) is 0 Å². The van der Waals surface area contributed by atoms with E-state index in [4.69, 9.17) is 10.2 Å². The van der Waals surface area contributed by atoms with Crippen molar-refractivity contribution in [2.45, 2.75) is 19.0 Å². The first-order valence-electron chi connectivity index (χ1n) is 11.5. The second-order valence-electron chi connectivity index (χ2n) is 8.31. The van der Waals surface area contributed by atoms with Crippen LogP contribution in [0.3, 0.4) is 0 Å². The van der Waals surface area contributed by atoms with E-state index in [0.29, 0.717) is 40.2 Å². The number of amides is 2. The van der Waals surface area contributed by atoms with Gasteiger partial charge in [0.25, 0.3) is 11.8 Å². The topological polar surface area (TPSA) is 126 Å². The molecule has 1 unspecified atom stereocenters. The molecule has 4 heterocycles. The van der Waals surface area contributed by atoms with E-state index >= 15 is 0 Å². The minimum atomic E-state index is -0.242. The Morgan fingerprint density at radius 1 is 1.06 bits per heavy atom. The molecule has 36 heavy (non-hydrogen) atoms. The summed E-state index contributed by atoms with van der Waals surface area (Å²) in [7, 11) is 0. The van der Waals surface area contributed by atoms with Gasteiger partial charge in [-0.3, -0.25) is 9.59 Å². The monoisotopic (exact) mass is 499 g/mol. The van der Waals surface area contributed by atoms with Crippen molar-refractivity contribution in [3.05, 3.63) is 101 Å². The minimum absolute atomic E-state index is 0.173. The van der Waals surface area contributed by atoms with Gasteiger partial charge in [-0.25, -0.2) is 4.98 Å². The Morgan fingerprint density at radius 3 is 2.69 bits per heavy atom. The van der Waals surface area contributed by atoms with Crippen molar-refractivity contribution in [3.63, 3.8) is 0 Å². The fourth-order valence-corrected chi connectivity index (χ4v) is 5.01. The molecule has 0 aliphatic carbocycles. The van der Waals surface area contributed by atoms with Crippen LogP contribution in [0.2, 0.25) is 0 Å². The molecule has 0 radical (unpaired) electrons. The van der Waals surface area contributed by atoms with Crippen molar-refractivity contribution in [1.29, 1.82) is 0 Å². The number of pyridine rings is 1. The van der Waals surface area contributed by atoms with Gasteiger partial charge in [0.1, 0.15) is 11.4 Å². The summed E-state index contributed by atoms with van der Waals surface area (Å²) < 4.78 is 5.30. The summed E-state index contributed by atoms with van der Waals surface area (Å²) in [6.45, 7) is 0.617. The molecule has 0 saturated carbocycles. The van der Waals surface area contributed by atoms with Gasteiger partial charge in [0.05, 0.1) is 23.2 Å². The number of thiophene rings is 1. The SMILES string of the molecule is NCC(Cc1ccccc1)NC(=O)c1ccc(-c2ccnc3[nH]cc(C(=O)NCc4ccco4)c23)s1. The molecular formula is C27H25N5O3S. The van der Waals surface area contributed by atoms with Crippen molar-refractivity contribution in [2.24, 2.45) is 5.73 Å². The normalized spacial score (nSPS) is 11.9. The van der Waals surface area contributed by atoms with Crippen LogP contribution >= 0.6 is 11.3 Å². The number of hydrogen-bond donors (Lipinski definition) is 4. The molecule has 8 nitrogen and oxygen atoms in total. The van der Waals surface area contributed by atoms with Crippen molar-refractivity contribution in [1.82, 2.24) is 20.6 Å². The quantitative estimate of drug-likeness (QED) is 0.243. The average molecular weight is 500 g/mol. The van der Waals surface area contributed by atoms with E-state index in [1.165, 1.54) is 11.3 Å². The number of benzene rings is 1. The summed E-state index contributed by atoms with van der Waals surface area (Å²) in [4.78, 5) is 34.8. The number of aromatic amines is 1. The van der Waals surface area contributed by atoms with Gasteiger partial charge < -0.3 is 25.8 Å². The van der Waals surface area contributed by atoms with Crippen LogP contribution in [0.15, 0.2) is 83.7 Å². The fourth-order valence-electron chi connectivity index (χ4n) is 4.07. The van der Waals surface area contributed by atoms with E-state index in [9.17, 15) is 9.59 Å². The maximum absolute atomic E-state index is 13.0. The zero-order valence-corrected chi connectivity index (χ0v) is 20.2. The number of nitrogens with zero attached hydrogens (tertiary/aromatic N) is 1. The Labute approximate surface area is 211 Å². The molecule has 0 spiro atoms. The highest BCUT2D eigenvalue weighted by molar-refractivity contribution is 7.17. The molecule has 182 valence electrons. The maximum Gasteiger partial charge on any atom is 0.261 e. The third-order valence-electron chi connectivity index (χ3n) is 5.86. The second-order valence-corrected chi connectivity index (χ2v) is 9.39. The number of rotatable bonds is 9. The number of aromatic nitrogens is 2. The summed E-state index contributed by atoms with van der Waals surface area (Å²) in [6.07, 6.45) is 5.56. The van der Waals surface area contributed by atoms with Gasteiger partial charge in [0.15, 0.2) is 0 Å². The van der Waals surface area contributed by atoms with Crippen molar-refractivity contribution in [3.8, 4) is 10.4 Å². The number of carbonyl (C=O) groups excluding carboxylic acids is 2. The van der Waals surface area contributed by atoms with Crippen LogP contribution in [0.25, 0.3) is 21.5 Å². The number of furan rings is 1. The third kappa shape index (κ3) is 5.07. The lowest BCUT2D eigenvalue weighted by Gasteiger charge is -2.16. The Morgan fingerprint density at radius 2 is 1.92 bits per heavy atom. The Balaban J connectivity index is 1.35. The summed E-state index contributed by atoms with van der Waals surface area (Å²) in [6, 6.07) is 18.9. The smallest absolute Gasteiger partial charge is 0.261 e. The highest BCUT2D eigenvalue weighted by Gasteiger charge is 2.20. The van der Waals surface area contributed by atoms with Crippen LogP contribution in [0.4, 0.5) is 0 Å². The van der Waals surface area contributed by atoms with E-state index < -0.39 is 0 Å². The lowest BCUT2D eigenvalue weighted by molar-refractivity contribution is 0.0937. The van der Waals surface area contributed by atoms with E-state index in [1.807, 2.05) is 42.5 Å². The van der Waals surface area contributed by atoms with Crippen LogP contribution in [0, 0.1) is 0 Å². The molecule has 0 bridgehead atoms. The third-order valence-corrected chi connectivity index (χ3v) is 6.98. The van der Waals surface area contributed by atoms with Crippen LogP contribution in [0.1, 0.15) is 31.4 Å². The van der Waals surface area contributed by atoms with Gasteiger partial charge in [-0.05, 0) is 42.3 Å². The van der Waals surface area contributed by atoms with Gasteiger partial charge in [-0.15, -0.1) is 11.3 Å². The second kappa shape index (κ2) is 10.6. The molecular weight excluding hydrogens is 474 g/mol. The van der Waals surface area contributed by atoms with Gasteiger partial charge in [-0.2, -0.15) is 0 Å². The summed E-state index contributed by atoms with van der Waals surface area (Å²) in [5.41, 5.74) is 8.95. The highest BCUT2D eigenvalue weighted by atomic mass is 32.1. The average Bonchev–Trinajstić information content (AvgIpc) is 3.68. The van der Waals surface area contributed by atoms with Crippen LogP contribution in [-0.2, 0) is 13.0 Å². The van der Waals surface area contributed by atoms with E-state index in [-0.39, 0.29) is 24.4 Å². The first-order chi connectivity index (χ1) is 17.6. The number of fused-ring (bicyclic) bond motifs is 1. The summed E-state index contributed by atoms with van der Waals surface area (Å²) in [5, 5.41) is 6.62. The Kier molecular flexibility index (Phi) is 6.92. The van der Waals surface area contributed by atoms with Crippen molar-refractivity contribution in [2.75, 3.05) is 6.54 Å². The molecule has 5 rings (SSSR count). The number of carbonyl (C=O) groups is 2. The fraction of sp³-hybridized carbons (Fsp3) is 0.148. The van der Waals surface area contributed by atoms with Crippen molar-refractivity contribution < 1.29 is 14.0 Å². The Bertz CT molecular complexity index is 1470. The van der Waals surface area contributed by atoms with Gasteiger partial charge in [-0.1, -0.05) is 30.3 Å². The van der Waals surface area contributed by atoms with Crippen LogP contribution < -0.4 is 16.4 Å². The molecule has 1 atom stereocenters. The number of hydrogen-bond acceptors (Lipinski definition) is 6. The lowest BCUT2D eigenvalue weighted by Crippen LogP contribution is -2.41. The van der Waals surface area contributed by atoms with E-state index in [1.54, 1.807) is 36.9 Å². The minimum Gasteiger partial charge on any atom is -0.467 e. The first-order valence-corrected chi connectivity index (χ1v) is 12.4. The number of nitrogens with one attached hydrogen (secondary N) is 3. The summed E-state index contributed by atoms with van der Waals surface area (Å²) >= 11 is 1.36. The zero-order valence-electron chi connectivity index (χ0n) is 19.4. The van der Waals surface area contributed by atoms with E-state index in [0.717, 1.165) is 16.0 Å². The first kappa shape index (κ1) is 23.5. The predicted octanol–water partition coefficient (Wildman–Crippen LogP) is 4.11. The molecule has 0 saturated heterocycles. The molecule has 4 aromatic heterocycles. The zero-order chi connectivity index (χ0) is 24.9. The molecule has 5 aromatic rings. The molecule has 1 aromatic carbocycles. The number of H-pyrrole nitrogens is 1. The standard InChI is InChI=1S/C27H25N5O3S/c28-14-18(13-17-5-2-1-3-6-17)32-27(34)23-9-8-22(36-23)20-10-11-29-25-24(20)21(16-30-25)26(33)31-15-19-7-4-12-35-19/h1-12,16,18H,13-15,28H2,(H,29,30)(H,31,33)(H,32,34). The predicted molar refractivity (Wildman–Crippen MR) is 140 cm³/mol. The van der Waals surface area contributed by atoms with E-state index in [2.05, 4.69) is 20.6 Å². The molecule has 9 heteroatoms. The maximum atomic E-state index is 13.0. The number of nitrogens with two attached hydrogens (primary N) is 1. The molecule has 0 fully saturated rings. The summed E-state index contributed by atoms with van der Waals surface area (Å²) in [5.74, 6) is 0.250. The van der Waals surface area contributed by atoms with Crippen LogP contribution in [0.5, 0.6) is 0 Å². The molecule has 0 aliphatic rings. The largest absolute Gasteiger partial charge is 0.467 e. The van der Waals surface area contributed by atoms with Crippen molar-refractivity contribution >= 4 is 34.2 Å². The highest BCUT2D eigenvalue weighted by Crippen LogP contribution is 2.34.